The van der Waals surface area contributed by atoms with Crippen LogP contribution in [0.5, 0.6) is 5.75 Å². The fourth-order valence-electron chi connectivity index (χ4n) is 3.02. The van der Waals surface area contributed by atoms with E-state index in [1.807, 2.05) is 72.1 Å². The standard InChI is InChI=1S/C25H22N2O2S/c1-2-16-29-22-14-12-20(13-15-22)23-17-30-25(26-23)27-24(28)21-10-8-19(9-11-21)18-6-4-3-5-7-18/h3-15,17H,2,16H2,1H3,(H,26,27,28). The maximum atomic E-state index is 12.6. The van der Waals surface area contributed by atoms with E-state index in [-0.39, 0.29) is 5.91 Å². The van der Waals surface area contributed by atoms with Crippen LogP contribution >= 0.6 is 11.3 Å². The Balaban J connectivity index is 1.41. The van der Waals surface area contributed by atoms with Gasteiger partial charge in [-0.25, -0.2) is 4.98 Å². The van der Waals surface area contributed by atoms with Crippen LogP contribution in [0, 0.1) is 0 Å². The maximum Gasteiger partial charge on any atom is 0.257 e. The molecule has 4 rings (SSSR count). The molecule has 150 valence electrons. The van der Waals surface area contributed by atoms with E-state index in [1.165, 1.54) is 11.3 Å². The Bertz CT molecular complexity index is 1100. The van der Waals surface area contributed by atoms with Gasteiger partial charge in [-0.1, -0.05) is 49.4 Å². The molecule has 0 saturated carbocycles. The van der Waals surface area contributed by atoms with Gasteiger partial charge in [0, 0.05) is 16.5 Å². The van der Waals surface area contributed by atoms with E-state index in [0.29, 0.717) is 17.3 Å². The molecule has 3 aromatic carbocycles. The van der Waals surface area contributed by atoms with Crippen molar-refractivity contribution in [1.29, 1.82) is 0 Å². The Morgan fingerprint density at radius 1 is 0.900 bits per heavy atom. The average molecular weight is 415 g/mol. The van der Waals surface area contributed by atoms with Crippen molar-refractivity contribution in [1.82, 2.24) is 4.98 Å². The molecule has 0 spiro atoms. The lowest BCUT2D eigenvalue weighted by Gasteiger charge is -2.05. The van der Waals surface area contributed by atoms with E-state index in [1.54, 1.807) is 0 Å². The van der Waals surface area contributed by atoms with Gasteiger partial charge in [0.2, 0.25) is 0 Å². The van der Waals surface area contributed by atoms with Crippen LogP contribution in [0.2, 0.25) is 0 Å². The third-order valence-corrected chi connectivity index (χ3v) is 5.36. The van der Waals surface area contributed by atoms with Gasteiger partial charge in [0.25, 0.3) is 5.91 Å². The molecular weight excluding hydrogens is 392 g/mol. The zero-order chi connectivity index (χ0) is 20.8. The molecule has 0 radical (unpaired) electrons. The molecule has 1 heterocycles. The van der Waals surface area contributed by atoms with Crippen molar-refractivity contribution >= 4 is 22.4 Å². The molecule has 0 aliphatic rings. The summed E-state index contributed by atoms with van der Waals surface area (Å²) in [6.45, 7) is 2.79. The highest BCUT2D eigenvalue weighted by atomic mass is 32.1. The van der Waals surface area contributed by atoms with E-state index >= 15 is 0 Å². The highest BCUT2D eigenvalue weighted by Crippen LogP contribution is 2.27. The third-order valence-electron chi connectivity index (χ3n) is 4.60. The first kappa shape index (κ1) is 19.9. The van der Waals surface area contributed by atoms with Crippen molar-refractivity contribution in [3.8, 4) is 28.1 Å². The Kier molecular flexibility index (Phi) is 6.20. The third kappa shape index (κ3) is 4.75. The lowest BCUT2D eigenvalue weighted by molar-refractivity contribution is 0.102. The van der Waals surface area contributed by atoms with Crippen molar-refractivity contribution < 1.29 is 9.53 Å². The minimum Gasteiger partial charge on any atom is -0.494 e. The van der Waals surface area contributed by atoms with Crippen LogP contribution in [0.25, 0.3) is 22.4 Å². The van der Waals surface area contributed by atoms with Crippen molar-refractivity contribution in [2.45, 2.75) is 13.3 Å². The van der Waals surface area contributed by atoms with Gasteiger partial charge in [-0.05, 0) is 53.9 Å². The van der Waals surface area contributed by atoms with Gasteiger partial charge in [-0.15, -0.1) is 11.3 Å². The number of amides is 1. The van der Waals surface area contributed by atoms with Gasteiger partial charge in [-0.2, -0.15) is 0 Å². The van der Waals surface area contributed by atoms with Crippen LogP contribution in [0.4, 0.5) is 5.13 Å². The second-order valence-electron chi connectivity index (χ2n) is 6.81. The van der Waals surface area contributed by atoms with Gasteiger partial charge in [0.15, 0.2) is 5.13 Å². The average Bonchev–Trinajstić information content (AvgIpc) is 3.27. The number of nitrogens with one attached hydrogen (secondary N) is 1. The molecule has 0 unspecified atom stereocenters. The molecule has 4 nitrogen and oxygen atoms in total. The maximum absolute atomic E-state index is 12.6. The number of aromatic nitrogens is 1. The number of anilines is 1. The predicted molar refractivity (Wildman–Crippen MR) is 123 cm³/mol. The topological polar surface area (TPSA) is 51.2 Å². The van der Waals surface area contributed by atoms with Crippen molar-refractivity contribution in [3.05, 3.63) is 89.8 Å². The lowest BCUT2D eigenvalue weighted by atomic mass is 10.0. The molecule has 0 atom stereocenters. The number of carbonyl (C=O) groups is 1. The number of ether oxygens (including phenoxy) is 1. The number of carbonyl (C=O) groups excluding carboxylic acids is 1. The van der Waals surface area contributed by atoms with Gasteiger partial charge in [-0.3, -0.25) is 10.1 Å². The van der Waals surface area contributed by atoms with Crippen LogP contribution in [-0.2, 0) is 0 Å². The molecule has 1 amide bonds. The SMILES string of the molecule is CCCOc1ccc(-c2csc(NC(=O)c3ccc(-c4ccccc4)cc3)n2)cc1. The summed E-state index contributed by atoms with van der Waals surface area (Å²) in [5, 5.41) is 5.41. The summed E-state index contributed by atoms with van der Waals surface area (Å²) in [5.41, 5.74) is 4.62. The predicted octanol–water partition coefficient (Wildman–Crippen LogP) is 6.52. The van der Waals surface area contributed by atoms with E-state index < -0.39 is 0 Å². The molecule has 0 bridgehead atoms. The molecule has 5 heteroatoms. The zero-order valence-corrected chi connectivity index (χ0v) is 17.5. The number of benzene rings is 3. The minimum atomic E-state index is -0.168. The zero-order valence-electron chi connectivity index (χ0n) is 16.7. The first-order valence-electron chi connectivity index (χ1n) is 9.88. The summed E-state index contributed by atoms with van der Waals surface area (Å²) in [6.07, 6.45) is 0.978. The van der Waals surface area contributed by atoms with Gasteiger partial charge < -0.3 is 4.74 Å². The number of thiazole rings is 1. The normalized spacial score (nSPS) is 10.6. The Labute approximate surface area is 180 Å². The molecule has 1 N–H and O–H groups in total. The molecular formula is C25H22N2O2S. The minimum absolute atomic E-state index is 0.168. The van der Waals surface area contributed by atoms with E-state index in [9.17, 15) is 4.79 Å². The summed E-state index contributed by atoms with van der Waals surface area (Å²) in [7, 11) is 0. The lowest BCUT2D eigenvalue weighted by Crippen LogP contribution is -2.11. The van der Waals surface area contributed by atoms with Crippen molar-refractivity contribution in [3.63, 3.8) is 0 Å². The van der Waals surface area contributed by atoms with Crippen LogP contribution in [0.1, 0.15) is 23.7 Å². The van der Waals surface area contributed by atoms with Crippen molar-refractivity contribution in [2.24, 2.45) is 0 Å². The number of hydrogen-bond donors (Lipinski definition) is 1. The molecule has 0 fully saturated rings. The highest BCUT2D eigenvalue weighted by molar-refractivity contribution is 7.14. The summed E-state index contributed by atoms with van der Waals surface area (Å²) in [6, 6.07) is 25.5. The van der Waals surface area contributed by atoms with E-state index in [4.69, 9.17) is 4.74 Å². The summed E-state index contributed by atoms with van der Waals surface area (Å²) < 4.78 is 5.61. The first-order chi connectivity index (χ1) is 14.7. The molecule has 1 aromatic heterocycles. The largest absolute Gasteiger partial charge is 0.494 e. The molecule has 0 aliphatic heterocycles. The second kappa shape index (κ2) is 9.37. The number of rotatable bonds is 7. The quantitative estimate of drug-likeness (QED) is 0.375. The van der Waals surface area contributed by atoms with Crippen LogP contribution in [0.3, 0.4) is 0 Å². The smallest absolute Gasteiger partial charge is 0.257 e. The van der Waals surface area contributed by atoms with Crippen molar-refractivity contribution in [2.75, 3.05) is 11.9 Å². The van der Waals surface area contributed by atoms with Gasteiger partial charge in [0.1, 0.15) is 5.75 Å². The first-order valence-corrected chi connectivity index (χ1v) is 10.8. The fraction of sp³-hybridized carbons (Fsp3) is 0.120. The second-order valence-corrected chi connectivity index (χ2v) is 7.67. The fourth-order valence-corrected chi connectivity index (χ4v) is 3.73. The molecule has 4 aromatic rings. The van der Waals surface area contributed by atoms with Crippen LogP contribution in [0.15, 0.2) is 84.2 Å². The van der Waals surface area contributed by atoms with Gasteiger partial charge in [0.05, 0.1) is 12.3 Å². The molecule has 0 saturated heterocycles. The van der Waals surface area contributed by atoms with Crippen LogP contribution in [-0.4, -0.2) is 17.5 Å². The van der Waals surface area contributed by atoms with Crippen LogP contribution < -0.4 is 10.1 Å². The number of nitrogens with zero attached hydrogens (tertiary/aromatic N) is 1. The Morgan fingerprint density at radius 2 is 1.57 bits per heavy atom. The molecule has 30 heavy (non-hydrogen) atoms. The summed E-state index contributed by atoms with van der Waals surface area (Å²) >= 11 is 1.41. The Morgan fingerprint density at radius 3 is 2.27 bits per heavy atom. The Hall–Kier alpha value is -3.44. The molecule has 0 aliphatic carbocycles. The monoisotopic (exact) mass is 414 g/mol. The summed E-state index contributed by atoms with van der Waals surface area (Å²) in [4.78, 5) is 17.1. The highest BCUT2D eigenvalue weighted by Gasteiger charge is 2.10. The van der Waals surface area contributed by atoms with E-state index in [0.717, 1.165) is 34.6 Å². The van der Waals surface area contributed by atoms with E-state index in [2.05, 4.69) is 29.4 Å². The van der Waals surface area contributed by atoms with Gasteiger partial charge >= 0.3 is 0 Å². The number of hydrogen-bond acceptors (Lipinski definition) is 4. The summed E-state index contributed by atoms with van der Waals surface area (Å²) in [5.74, 6) is 0.683.